The van der Waals surface area contributed by atoms with E-state index in [1.807, 2.05) is 0 Å². The minimum Gasteiger partial charge on any atom is -0.293 e. The quantitative estimate of drug-likeness (QED) is 0.472. The summed E-state index contributed by atoms with van der Waals surface area (Å²) in [4.78, 5) is 0. The average Bonchev–Trinajstić information content (AvgIpc) is 1.65. The molecule has 0 aromatic carbocycles. The van der Waals surface area contributed by atoms with Crippen LogP contribution in [0.25, 0.3) is 0 Å². The molecule has 0 aliphatic carbocycles. The van der Waals surface area contributed by atoms with Crippen LogP contribution in [0.4, 0.5) is 0 Å². The summed E-state index contributed by atoms with van der Waals surface area (Å²) in [7, 11) is 0. The topological polar surface area (TPSA) is 23.9 Å². The lowest BCUT2D eigenvalue weighted by atomic mass is 10.3. The van der Waals surface area contributed by atoms with E-state index in [4.69, 9.17) is 5.41 Å². The Morgan fingerprint density at radius 2 is 2.14 bits per heavy atom. The van der Waals surface area contributed by atoms with Crippen molar-refractivity contribution in [3.05, 3.63) is 24.8 Å². The smallest absolute Gasteiger partial charge is 0.103 e. The molecule has 1 nitrogen and oxygen atoms in total. The van der Waals surface area contributed by atoms with Gasteiger partial charge in [0.15, 0.2) is 0 Å². The van der Waals surface area contributed by atoms with Crippen LogP contribution in [0.3, 0.4) is 0 Å². The highest BCUT2D eigenvalue weighted by molar-refractivity contribution is 9.18. The Balaban J connectivity index is 3.81. The van der Waals surface area contributed by atoms with Crippen molar-refractivity contribution in [1.29, 1.82) is 5.41 Å². The minimum atomic E-state index is 0.294. The van der Waals surface area contributed by atoms with E-state index in [1.54, 1.807) is 0 Å². The maximum absolute atomic E-state index is 6.85. The second-order valence-corrected chi connectivity index (χ2v) is 1.84. The van der Waals surface area contributed by atoms with Crippen molar-refractivity contribution in [2.45, 2.75) is 0 Å². The fourth-order valence-electron chi connectivity index (χ4n) is 0.0896. The molecule has 0 unspecified atom stereocenters. The first-order valence-corrected chi connectivity index (χ1v) is 2.53. The maximum Gasteiger partial charge on any atom is 0.103 e. The third-order valence-electron chi connectivity index (χ3n) is 0.528. The van der Waals surface area contributed by atoms with Gasteiger partial charge in [-0.3, -0.25) is 5.41 Å². The molecular formula is C5H6BrN. The lowest BCUT2D eigenvalue weighted by Gasteiger charge is -1.86. The number of hydrogen-bond donors (Lipinski definition) is 1. The van der Waals surface area contributed by atoms with Crippen LogP contribution >= 0.6 is 15.9 Å². The summed E-state index contributed by atoms with van der Waals surface area (Å²) in [6, 6.07) is 0. The van der Waals surface area contributed by atoms with Crippen LogP contribution in [0.1, 0.15) is 0 Å². The van der Waals surface area contributed by atoms with Crippen LogP contribution in [0, 0.1) is 5.41 Å². The van der Waals surface area contributed by atoms with Gasteiger partial charge in [-0.05, 0) is 21.5 Å². The monoisotopic (exact) mass is 159 g/mol. The van der Waals surface area contributed by atoms with Crippen LogP contribution in [0.15, 0.2) is 24.8 Å². The van der Waals surface area contributed by atoms with E-state index < -0.39 is 0 Å². The van der Waals surface area contributed by atoms with E-state index in [2.05, 4.69) is 29.1 Å². The van der Waals surface area contributed by atoms with Crippen molar-refractivity contribution in [1.82, 2.24) is 0 Å². The van der Waals surface area contributed by atoms with Gasteiger partial charge < -0.3 is 0 Å². The zero-order valence-electron chi connectivity index (χ0n) is 3.87. The second-order valence-electron chi connectivity index (χ2n) is 1.04. The van der Waals surface area contributed by atoms with Gasteiger partial charge in [0.2, 0.25) is 0 Å². The molecule has 2 heteroatoms. The van der Waals surface area contributed by atoms with Gasteiger partial charge in [0.1, 0.15) is 4.62 Å². The Hall–Kier alpha value is -0.370. The molecule has 0 saturated heterocycles. The number of hydrogen-bond acceptors (Lipinski definition) is 1. The Morgan fingerprint density at radius 1 is 1.71 bits per heavy atom. The van der Waals surface area contributed by atoms with Crippen molar-refractivity contribution in [2.24, 2.45) is 0 Å². The highest BCUT2D eigenvalue weighted by Gasteiger charge is 1.86. The molecule has 0 aromatic rings. The lowest BCUT2D eigenvalue weighted by Crippen LogP contribution is -1.81. The van der Waals surface area contributed by atoms with E-state index in [1.165, 1.54) is 6.08 Å². The molecule has 0 bridgehead atoms. The summed E-state index contributed by atoms with van der Waals surface area (Å²) in [5.41, 5.74) is 0.611. The predicted octanol–water partition coefficient (Wildman–Crippen LogP) is 2.10. The fourth-order valence-corrected chi connectivity index (χ4v) is 0.251. The highest BCUT2D eigenvalue weighted by atomic mass is 79.9. The molecule has 0 spiro atoms. The zero-order valence-corrected chi connectivity index (χ0v) is 5.46. The molecule has 1 N–H and O–H groups in total. The summed E-state index contributed by atoms with van der Waals surface area (Å²) < 4.78 is 0.294. The molecule has 0 atom stereocenters. The minimum absolute atomic E-state index is 0.294. The van der Waals surface area contributed by atoms with Gasteiger partial charge in [-0.1, -0.05) is 19.2 Å². The van der Waals surface area contributed by atoms with Gasteiger partial charge in [-0.15, -0.1) is 0 Å². The average molecular weight is 160 g/mol. The van der Waals surface area contributed by atoms with Gasteiger partial charge >= 0.3 is 0 Å². The van der Waals surface area contributed by atoms with E-state index in [-0.39, 0.29) is 0 Å². The van der Waals surface area contributed by atoms with Crippen LogP contribution < -0.4 is 0 Å². The summed E-state index contributed by atoms with van der Waals surface area (Å²) in [5.74, 6) is 0. The summed E-state index contributed by atoms with van der Waals surface area (Å²) >= 11 is 2.91. The third-order valence-corrected chi connectivity index (χ3v) is 1.04. The first kappa shape index (κ1) is 6.63. The van der Waals surface area contributed by atoms with Crippen molar-refractivity contribution in [2.75, 3.05) is 0 Å². The van der Waals surface area contributed by atoms with E-state index in [0.717, 1.165) is 0 Å². The molecule has 38 valence electrons. The normalized spacial score (nSPS) is 7.57. The number of halogens is 1. The largest absolute Gasteiger partial charge is 0.293 e. The molecular weight excluding hydrogens is 154 g/mol. The Morgan fingerprint density at radius 3 is 2.14 bits per heavy atom. The van der Waals surface area contributed by atoms with E-state index >= 15 is 0 Å². The van der Waals surface area contributed by atoms with Crippen LogP contribution in [-0.2, 0) is 0 Å². The molecule has 0 aliphatic rings. The van der Waals surface area contributed by atoms with Crippen molar-refractivity contribution in [3.8, 4) is 0 Å². The second kappa shape index (κ2) is 2.75. The lowest BCUT2D eigenvalue weighted by molar-refractivity contribution is 1.55. The Labute approximate surface area is 51.4 Å². The molecule has 0 aromatic heterocycles. The van der Waals surface area contributed by atoms with E-state index in [0.29, 0.717) is 10.2 Å². The summed E-state index contributed by atoms with van der Waals surface area (Å²) in [6.45, 7) is 6.89. The Kier molecular flexibility index (Phi) is 2.60. The van der Waals surface area contributed by atoms with Gasteiger partial charge in [0.25, 0.3) is 0 Å². The number of allylic oxidation sites excluding steroid dienone is 2. The highest BCUT2D eigenvalue weighted by Crippen LogP contribution is 1.98. The van der Waals surface area contributed by atoms with Crippen molar-refractivity contribution >= 4 is 20.6 Å². The third kappa shape index (κ3) is 2.34. The fraction of sp³-hybridized carbons (Fsp3) is 0. The van der Waals surface area contributed by atoms with Crippen molar-refractivity contribution < 1.29 is 0 Å². The molecule has 0 heterocycles. The Bertz CT molecular complexity index is 115. The first-order chi connectivity index (χ1) is 3.18. The van der Waals surface area contributed by atoms with Gasteiger partial charge in [-0.25, -0.2) is 0 Å². The SMILES string of the molecule is C=CC(=C)C(=N)Br. The molecule has 0 aliphatic heterocycles. The molecule has 0 amide bonds. The molecule has 0 rings (SSSR count). The standard InChI is InChI=1S/C5H6BrN/c1-3-4(2)5(6)7/h3,7H,1-2H2. The van der Waals surface area contributed by atoms with Crippen LogP contribution in [-0.4, -0.2) is 4.62 Å². The summed E-state index contributed by atoms with van der Waals surface area (Å²) in [6.07, 6.45) is 1.52. The number of rotatable bonds is 2. The van der Waals surface area contributed by atoms with Crippen LogP contribution in [0.5, 0.6) is 0 Å². The molecule has 7 heavy (non-hydrogen) atoms. The first-order valence-electron chi connectivity index (χ1n) is 1.74. The van der Waals surface area contributed by atoms with Gasteiger partial charge in [-0.2, -0.15) is 0 Å². The maximum atomic E-state index is 6.85. The zero-order chi connectivity index (χ0) is 5.86. The predicted molar refractivity (Wildman–Crippen MR) is 36.0 cm³/mol. The van der Waals surface area contributed by atoms with E-state index in [9.17, 15) is 0 Å². The molecule has 0 fully saturated rings. The summed E-state index contributed by atoms with van der Waals surface area (Å²) in [5, 5.41) is 6.85. The van der Waals surface area contributed by atoms with Gasteiger partial charge in [0, 0.05) is 0 Å². The van der Waals surface area contributed by atoms with Gasteiger partial charge in [0.05, 0.1) is 0 Å². The molecule has 0 saturated carbocycles. The molecule has 0 radical (unpaired) electrons. The van der Waals surface area contributed by atoms with Crippen LogP contribution in [0.2, 0.25) is 0 Å². The number of nitrogens with one attached hydrogen (secondary N) is 1. The van der Waals surface area contributed by atoms with Crippen molar-refractivity contribution in [3.63, 3.8) is 0 Å².